The number of esters is 1. The summed E-state index contributed by atoms with van der Waals surface area (Å²) in [4.78, 5) is 111. The van der Waals surface area contributed by atoms with Crippen molar-refractivity contribution in [1.82, 2.24) is 35.2 Å². The number of likely N-dealkylation sites (N-methyl/N-ethyl adjacent to an activating group) is 2. The predicted octanol–water partition coefficient (Wildman–Crippen LogP) is 4.91. The van der Waals surface area contributed by atoms with Gasteiger partial charge in [0.05, 0.1) is 12.5 Å². The van der Waals surface area contributed by atoms with Gasteiger partial charge >= 0.3 is 12.1 Å². The molecule has 17 nitrogen and oxygen atoms in total. The molecule has 7 amide bonds. The molecule has 0 bridgehead atoms. The van der Waals surface area contributed by atoms with Crippen molar-refractivity contribution in [3.63, 3.8) is 0 Å². The quantitative estimate of drug-likeness (QED) is 0.111. The lowest BCUT2D eigenvalue weighted by molar-refractivity contribution is -0.159. The largest absolute Gasteiger partial charge is 0.458 e. The average molecular weight is 920 g/mol. The minimum Gasteiger partial charge on any atom is -0.458 e. The first-order chi connectivity index (χ1) is 30.2. The van der Waals surface area contributed by atoms with E-state index in [1.807, 2.05) is 90.5 Å². The average Bonchev–Trinajstić information content (AvgIpc) is 3.70. The predicted molar refractivity (Wildman–Crippen MR) is 252 cm³/mol. The molecule has 3 N–H and O–H groups in total. The van der Waals surface area contributed by atoms with Gasteiger partial charge in [0.1, 0.15) is 29.3 Å². The summed E-state index contributed by atoms with van der Waals surface area (Å²) >= 11 is 0. The highest BCUT2D eigenvalue weighted by molar-refractivity contribution is 6.13. The molecule has 66 heavy (non-hydrogen) atoms. The van der Waals surface area contributed by atoms with Gasteiger partial charge in [0.2, 0.25) is 23.6 Å². The molecule has 1 aliphatic heterocycles. The van der Waals surface area contributed by atoms with E-state index in [0.29, 0.717) is 0 Å². The van der Waals surface area contributed by atoms with E-state index in [1.165, 1.54) is 23.8 Å². The third kappa shape index (κ3) is 14.0. The molecular formula is C49H73N7O10. The highest BCUT2D eigenvalue weighted by Gasteiger charge is 2.47. The van der Waals surface area contributed by atoms with Gasteiger partial charge in [0.25, 0.3) is 11.8 Å². The second-order valence-corrected chi connectivity index (χ2v) is 21.0. The van der Waals surface area contributed by atoms with Gasteiger partial charge in [0, 0.05) is 74.5 Å². The minimum atomic E-state index is -1.42. The summed E-state index contributed by atoms with van der Waals surface area (Å²) in [5.41, 5.74) is -1.81. The van der Waals surface area contributed by atoms with Crippen molar-refractivity contribution >= 4 is 58.4 Å². The van der Waals surface area contributed by atoms with E-state index < -0.39 is 100 Å². The Hall–Kier alpha value is -6.00. The zero-order chi connectivity index (χ0) is 50.4. The Bertz CT molecular complexity index is 2220. The molecule has 2 aromatic rings. The van der Waals surface area contributed by atoms with Crippen LogP contribution in [-0.4, -0.2) is 129 Å². The van der Waals surface area contributed by atoms with E-state index in [-0.39, 0.29) is 24.6 Å². The van der Waals surface area contributed by atoms with Crippen molar-refractivity contribution in [2.45, 2.75) is 144 Å². The summed E-state index contributed by atoms with van der Waals surface area (Å²) in [6, 6.07) is 3.37. The number of ether oxygens (including phenoxy) is 2. The first-order valence-corrected chi connectivity index (χ1v) is 22.3. The van der Waals surface area contributed by atoms with Gasteiger partial charge in [-0.1, -0.05) is 72.7 Å². The monoisotopic (exact) mass is 920 g/mol. The Morgan fingerprint density at radius 3 is 1.89 bits per heavy atom. The molecule has 0 radical (unpaired) electrons. The normalized spacial score (nSPS) is 15.5. The Morgan fingerprint density at radius 2 is 1.36 bits per heavy atom. The van der Waals surface area contributed by atoms with Crippen LogP contribution in [0, 0.1) is 11.3 Å². The molecule has 1 aliphatic rings. The van der Waals surface area contributed by atoms with Crippen LogP contribution in [0.5, 0.6) is 0 Å². The zero-order valence-electron chi connectivity index (χ0n) is 42.0. The number of carbonyl (C=O) groups is 8. The third-order valence-electron chi connectivity index (χ3n) is 11.2. The number of amides is 7. The van der Waals surface area contributed by atoms with Gasteiger partial charge < -0.3 is 34.9 Å². The van der Waals surface area contributed by atoms with E-state index in [9.17, 15) is 38.4 Å². The van der Waals surface area contributed by atoms with Crippen LogP contribution in [0.1, 0.15) is 109 Å². The fraction of sp³-hybridized carbons (Fsp3) is 0.592. The number of nitrogens with one attached hydrogen (secondary N) is 3. The molecule has 0 spiro atoms. The Labute approximate surface area is 390 Å². The van der Waals surface area contributed by atoms with Crippen LogP contribution >= 0.6 is 0 Å². The molecule has 17 heteroatoms. The molecule has 3 rings (SSSR count). The second-order valence-electron chi connectivity index (χ2n) is 21.0. The van der Waals surface area contributed by atoms with Crippen molar-refractivity contribution in [1.29, 1.82) is 0 Å². The number of fused-ring (bicyclic) bond motifs is 1. The van der Waals surface area contributed by atoms with Gasteiger partial charge in [-0.25, -0.2) is 9.59 Å². The van der Waals surface area contributed by atoms with Crippen LogP contribution in [0.25, 0.3) is 10.9 Å². The third-order valence-corrected chi connectivity index (χ3v) is 11.2. The first kappa shape index (κ1) is 54.3. The molecule has 364 valence electrons. The number of imide groups is 1. The van der Waals surface area contributed by atoms with Gasteiger partial charge in [-0.2, -0.15) is 0 Å². The molecular weight excluding hydrogens is 847 g/mol. The highest BCUT2D eigenvalue weighted by Crippen LogP contribution is 2.37. The van der Waals surface area contributed by atoms with E-state index >= 15 is 0 Å². The lowest BCUT2D eigenvalue weighted by Crippen LogP contribution is -2.63. The van der Waals surface area contributed by atoms with E-state index in [4.69, 9.17) is 9.47 Å². The molecule has 1 aromatic heterocycles. The number of para-hydroxylation sites is 1. The molecule has 0 unspecified atom stereocenters. The lowest BCUT2D eigenvalue weighted by Gasteiger charge is -2.42. The summed E-state index contributed by atoms with van der Waals surface area (Å²) in [6.45, 7) is 24.5. The van der Waals surface area contributed by atoms with E-state index in [1.54, 1.807) is 54.7 Å². The zero-order valence-corrected chi connectivity index (χ0v) is 42.0. The fourth-order valence-corrected chi connectivity index (χ4v) is 7.79. The van der Waals surface area contributed by atoms with Gasteiger partial charge in [0.15, 0.2) is 0 Å². The number of aromatic nitrogens is 1. The van der Waals surface area contributed by atoms with Crippen molar-refractivity contribution < 1.29 is 47.8 Å². The van der Waals surface area contributed by atoms with Crippen molar-refractivity contribution in [3.8, 4) is 0 Å². The van der Waals surface area contributed by atoms with Crippen molar-refractivity contribution in [2.75, 3.05) is 27.2 Å². The molecule has 0 aliphatic carbocycles. The van der Waals surface area contributed by atoms with Crippen LogP contribution in [-0.2, 0) is 55.5 Å². The highest BCUT2D eigenvalue weighted by atomic mass is 16.6. The molecule has 0 saturated heterocycles. The van der Waals surface area contributed by atoms with Gasteiger partial charge in [-0.05, 0) is 71.4 Å². The Kier molecular flexibility index (Phi) is 17.4. The van der Waals surface area contributed by atoms with Crippen LogP contribution in [0.3, 0.4) is 0 Å². The molecule has 1 aromatic carbocycles. The second kappa shape index (κ2) is 21.1. The standard InChI is InChI=1S/C49H73N7O10/c1-29(2)35(26-30(3)41(60)51-33(44(63)65-47(7,8)9)27-36(57)50-24-25-56-37(58)22-23-38(56)59)54(16)43(62)39(46(4,5)6)52-42(61)40(55(17)45(64)66-48(10,11)12)49(13,14)32-28-53(15)34-21-19-18-20-31(32)34/h18-23,26,28-29,33,35,39-40H,24-25,27H2,1-17H3,(H,50,57)(H,51,60)(H,52,61)/b30-26+/t33-,35-,39-,40-/m1/s1. The molecule has 0 fully saturated rings. The molecule has 4 atom stereocenters. The maximum Gasteiger partial charge on any atom is 0.410 e. The van der Waals surface area contributed by atoms with Crippen LogP contribution < -0.4 is 16.0 Å². The summed E-state index contributed by atoms with van der Waals surface area (Å²) < 4.78 is 13.3. The number of carbonyl (C=O) groups excluding carboxylic acids is 8. The smallest absolute Gasteiger partial charge is 0.410 e. The van der Waals surface area contributed by atoms with Crippen LogP contribution in [0.4, 0.5) is 4.79 Å². The van der Waals surface area contributed by atoms with Crippen molar-refractivity contribution in [2.24, 2.45) is 18.4 Å². The minimum absolute atomic E-state index is 0.0819. The number of nitrogens with zero attached hydrogens (tertiary/aromatic N) is 4. The van der Waals surface area contributed by atoms with E-state index in [2.05, 4.69) is 16.0 Å². The SMILES string of the molecule is C/C(=C\[C@H](C(C)C)N(C)C(=O)[C@@H](NC(=O)[C@@H](N(C)C(=O)OC(C)(C)C)C(C)(C)c1cn(C)c2ccccc12)C(C)(C)C)C(=O)N[C@H](CC(=O)NCCN1C(=O)C=CC1=O)C(=O)OC(C)(C)C. The van der Waals surface area contributed by atoms with Crippen LogP contribution in [0.2, 0.25) is 0 Å². The van der Waals surface area contributed by atoms with Crippen LogP contribution in [0.15, 0.2) is 54.3 Å². The van der Waals surface area contributed by atoms with E-state index in [0.717, 1.165) is 33.5 Å². The maximum atomic E-state index is 14.9. The van der Waals surface area contributed by atoms with Crippen molar-refractivity contribution in [3.05, 3.63) is 59.8 Å². The number of hydrogen-bond donors (Lipinski definition) is 3. The summed E-state index contributed by atoms with van der Waals surface area (Å²) in [6.07, 6.45) is 4.57. The number of rotatable bonds is 17. The fourth-order valence-electron chi connectivity index (χ4n) is 7.79. The summed E-state index contributed by atoms with van der Waals surface area (Å²) in [5.74, 6) is -4.51. The molecule has 0 saturated carbocycles. The first-order valence-electron chi connectivity index (χ1n) is 22.3. The lowest BCUT2D eigenvalue weighted by atomic mass is 9.76. The Balaban J connectivity index is 1.94. The maximum absolute atomic E-state index is 14.9. The Morgan fingerprint density at radius 1 is 0.803 bits per heavy atom. The van der Waals surface area contributed by atoms with Gasteiger partial charge in [-0.3, -0.25) is 38.6 Å². The number of aryl methyl sites for hydroxylation is 1. The topological polar surface area (TPSA) is 206 Å². The summed E-state index contributed by atoms with van der Waals surface area (Å²) in [5, 5.41) is 9.12. The summed E-state index contributed by atoms with van der Waals surface area (Å²) in [7, 11) is 5.00. The molecule has 2 heterocycles. The van der Waals surface area contributed by atoms with Gasteiger partial charge in [-0.15, -0.1) is 0 Å². The number of benzene rings is 1. The number of hydrogen-bond acceptors (Lipinski definition) is 10.